The van der Waals surface area contributed by atoms with Crippen LogP contribution in [0.4, 0.5) is 5.69 Å². The SMILES string of the molecule is CCN(C)C=Nc1cc(C)c(Oc2snc(Cc3ccc(Cl)cc3)c2C#N)cc1Cl. The van der Waals surface area contributed by atoms with Gasteiger partial charge in [0.1, 0.15) is 17.4 Å². The molecule has 0 radical (unpaired) electrons. The molecule has 154 valence electrons. The number of nitrogens with zero attached hydrogens (tertiary/aromatic N) is 4. The van der Waals surface area contributed by atoms with Crippen molar-refractivity contribution in [2.24, 2.45) is 4.99 Å². The van der Waals surface area contributed by atoms with Crippen molar-refractivity contribution in [3.05, 3.63) is 68.8 Å². The first-order chi connectivity index (χ1) is 14.4. The first-order valence-corrected chi connectivity index (χ1v) is 10.8. The van der Waals surface area contributed by atoms with Crippen molar-refractivity contribution >= 4 is 46.8 Å². The molecule has 0 unspecified atom stereocenters. The van der Waals surface area contributed by atoms with Gasteiger partial charge >= 0.3 is 0 Å². The van der Waals surface area contributed by atoms with Crippen molar-refractivity contribution in [3.8, 4) is 16.9 Å². The number of aliphatic imine (C=N–C) groups is 1. The summed E-state index contributed by atoms with van der Waals surface area (Å²) in [7, 11) is 1.94. The van der Waals surface area contributed by atoms with Gasteiger partial charge in [-0.05, 0) is 43.2 Å². The fraction of sp³-hybridized carbons (Fsp3) is 0.227. The summed E-state index contributed by atoms with van der Waals surface area (Å²) >= 11 is 13.5. The lowest BCUT2D eigenvalue weighted by atomic mass is 10.1. The molecule has 3 aromatic rings. The average molecular weight is 459 g/mol. The van der Waals surface area contributed by atoms with Crippen LogP contribution in [0.2, 0.25) is 10.0 Å². The maximum Gasteiger partial charge on any atom is 0.218 e. The molecule has 0 amide bonds. The molecule has 0 aliphatic rings. The van der Waals surface area contributed by atoms with Gasteiger partial charge in [0.05, 0.1) is 22.7 Å². The maximum absolute atomic E-state index is 9.67. The number of halogens is 2. The van der Waals surface area contributed by atoms with E-state index in [9.17, 15) is 5.26 Å². The predicted octanol–water partition coefficient (Wildman–Crippen LogP) is 6.62. The fourth-order valence-electron chi connectivity index (χ4n) is 2.60. The monoisotopic (exact) mass is 458 g/mol. The van der Waals surface area contributed by atoms with E-state index in [1.807, 2.05) is 56.1 Å². The Hall–Kier alpha value is -2.59. The Morgan fingerprint density at radius 1 is 1.27 bits per heavy atom. The minimum atomic E-state index is 0.428. The number of hydrogen-bond acceptors (Lipinski definition) is 5. The third-order valence-electron chi connectivity index (χ3n) is 4.47. The molecule has 0 atom stereocenters. The summed E-state index contributed by atoms with van der Waals surface area (Å²) in [4.78, 5) is 6.37. The zero-order valence-corrected chi connectivity index (χ0v) is 19.1. The summed E-state index contributed by atoms with van der Waals surface area (Å²) in [5.74, 6) is 0.570. The molecular formula is C22H20Cl2N4OS. The van der Waals surface area contributed by atoms with E-state index in [4.69, 9.17) is 27.9 Å². The molecule has 2 aromatic carbocycles. The van der Waals surface area contributed by atoms with E-state index in [1.54, 1.807) is 12.4 Å². The molecular weight excluding hydrogens is 439 g/mol. The number of aromatic nitrogens is 1. The summed E-state index contributed by atoms with van der Waals surface area (Å²) in [6, 6.07) is 13.3. The number of benzene rings is 2. The van der Waals surface area contributed by atoms with Gasteiger partial charge in [-0.15, -0.1) is 0 Å². The number of hydrogen-bond donors (Lipinski definition) is 0. The normalized spacial score (nSPS) is 10.9. The Morgan fingerprint density at radius 3 is 2.67 bits per heavy atom. The number of ether oxygens (including phenoxy) is 1. The second-order valence-corrected chi connectivity index (χ2v) is 8.28. The highest BCUT2D eigenvalue weighted by atomic mass is 35.5. The first-order valence-electron chi connectivity index (χ1n) is 9.26. The molecule has 5 nitrogen and oxygen atoms in total. The van der Waals surface area contributed by atoms with Gasteiger partial charge in [0.2, 0.25) is 5.06 Å². The van der Waals surface area contributed by atoms with Crippen molar-refractivity contribution in [2.45, 2.75) is 20.3 Å². The third-order valence-corrected chi connectivity index (χ3v) is 5.79. The van der Waals surface area contributed by atoms with Crippen LogP contribution in [-0.2, 0) is 6.42 Å². The number of rotatable bonds is 7. The van der Waals surface area contributed by atoms with Gasteiger partial charge in [0, 0.05) is 42.6 Å². The van der Waals surface area contributed by atoms with Gasteiger partial charge in [-0.3, -0.25) is 0 Å². The zero-order chi connectivity index (χ0) is 21.7. The highest BCUT2D eigenvalue weighted by Crippen LogP contribution is 2.38. The van der Waals surface area contributed by atoms with Crippen molar-refractivity contribution in [3.63, 3.8) is 0 Å². The molecule has 0 bridgehead atoms. The Labute approximate surface area is 190 Å². The smallest absolute Gasteiger partial charge is 0.218 e. The van der Waals surface area contributed by atoms with Gasteiger partial charge in [-0.25, -0.2) is 4.99 Å². The molecule has 0 saturated carbocycles. The van der Waals surface area contributed by atoms with Crippen LogP contribution in [0.1, 0.15) is 29.3 Å². The summed E-state index contributed by atoms with van der Waals surface area (Å²) in [5, 5.41) is 11.3. The van der Waals surface area contributed by atoms with E-state index in [2.05, 4.69) is 15.4 Å². The topological polar surface area (TPSA) is 61.5 Å². The molecule has 3 rings (SSSR count). The summed E-state index contributed by atoms with van der Waals surface area (Å²) in [6.07, 6.45) is 2.26. The lowest BCUT2D eigenvalue weighted by Crippen LogP contribution is -2.14. The summed E-state index contributed by atoms with van der Waals surface area (Å²) in [6.45, 7) is 4.80. The average Bonchev–Trinajstić information content (AvgIpc) is 3.11. The molecule has 1 aromatic heterocycles. The molecule has 0 fully saturated rings. The van der Waals surface area contributed by atoms with Crippen LogP contribution in [0.5, 0.6) is 10.8 Å². The minimum absolute atomic E-state index is 0.428. The van der Waals surface area contributed by atoms with E-state index < -0.39 is 0 Å². The lowest BCUT2D eigenvalue weighted by molar-refractivity contribution is 0.491. The van der Waals surface area contributed by atoms with Crippen molar-refractivity contribution in [2.75, 3.05) is 13.6 Å². The van der Waals surface area contributed by atoms with Gasteiger partial charge in [-0.1, -0.05) is 35.3 Å². The Morgan fingerprint density at radius 2 is 2.00 bits per heavy atom. The predicted molar refractivity (Wildman–Crippen MR) is 124 cm³/mol. The summed E-state index contributed by atoms with van der Waals surface area (Å²) < 4.78 is 10.4. The van der Waals surface area contributed by atoms with E-state index in [0.717, 1.165) is 29.2 Å². The molecule has 0 saturated heterocycles. The first kappa shape index (κ1) is 22.1. The Balaban J connectivity index is 1.83. The van der Waals surface area contributed by atoms with Gasteiger partial charge in [0.15, 0.2) is 0 Å². The van der Waals surface area contributed by atoms with E-state index in [1.165, 1.54) is 0 Å². The molecule has 0 aliphatic carbocycles. The minimum Gasteiger partial charge on any atom is -0.443 e. The van der Waals surface area contributed by atoms with Crippen molar-refractivity contribution < 1.29 is 4.74 Å². The lowest BCUT2D eigenvalue weighted by Gasteiger charge is -2.11. The molecule has 1 heterocycles. The van der Waals surface area contributed by atoms with Crippen LogP contribution >= 0.6 is 34.7 Å². The molecule has 30 heavy (non-hydrogen) atoms. The molecule has 0 aliphatic heterocycles. The van der Waals surface area contributed by atoms with Crippen LogP contribution in [-0.4, -0.2) is 29.2 Å². The summed E-state index contributed by atoms with van der Waals surface area (Å²) in [5.41, 5.74) is 3.65. The van der Waals surface area contributed by atoms with Gasteiger partial charge < -0.3 is 9.64 Å². The number of aryl methyl sites for hydroxylation is 1. The molecule has 0 N–H and O–H groups in total. The zero-order valence-electron chi connectivity index (χ0n) is 16.8. The van der Waals surface area contributed by atoms with E-state index >= 15 is 0 Å². The third kappa shape index (κ3) is 5.31. The molecule has 0 spiro atoms. The quantitative estimate of drug-likeness (QED) is 0.294. The van der Waals surface area contributed by atoms with Gasteiger partial charge in [0.25, 0.3) is 0 Å². The van der Waals surface area contributed by atoms with E-state index in [0.29, 0.717) is 44.2 Å². The number of nitriles is 1. The van der Waals surface area contributed by atoms with Crippen LogP contribution in [0.25, 0.3) is 0 Å². The van der Waals surface area contributed by atoms with Gasteiger partial charge in [-0.2, -0.15) is 9.64 Å². The molecule has 8 heteroatoms. The van der Waals surface area contributed by atoms with Crippen molar-refractivity contribution in [1.29, 1.82) is 5.26 Å². The van der Waals surface area contributed by atoms with E-state index in [-0.39, 0.29) is 0 Å². The highest BCUT2D eigenvalue weighted by Gasteiger charge is 2.18. The second-order valence-electron chi connectivity index (χ2n) is 6.70. The van der Waals surface area contributed by atoms with Crippen LogP contribution in [0.15, 0.2) is 41.4 Å². The van der Waals surface area contributed by atoms with Crippen LogP contribution in [0.3, 0.4) is 0 Å². The Bertz CT molecular complexity index is 1100. The van der Waals surface area contributed by atoms with Crippen molar-refractivity contribution in [1.82, 2.24) is 9.27 Å². The highest BCUT2D eigenvalue weighted by molar-refractivity contribution is 7.08. The fourth-order valence-corrected chi connectivity index (χ4v) is 3.66. The second kappa shape index (κ2) is 9.94. The standard InChI is InChI=1S/C22H20Cl2N4OS/c1-4-28(3)13-26-20-9-14(2)21(11-18(20)24)29-22-17(12-25)19(27-30-22)10-15-5-7-16(23)8-6-15/h5-9,11,13H,4,10H2,1-3H3. The maximum atomic E-state index is 9.67. The van der Waals surface area contributed by atoms with Crippen LogP contribution < -0.4 is 4.74 Å². The largest absolute Gasteiger partial charge is 0.443 e. The Kier molecular flexibility index (Phi) is 7.33. The van der Waals surface area contributed by atoms with Crippen LogP contribution in [0, 0.1) is 18.3 Å².